The van der Waals surface area contributed by atoms with Gasteiger partial charge in [-0.15, -0.1) is 0 Å². The van der Waals surface area contributed by atoms with Crippen LogP contribution >= 0.6 is 0 Å². The summed E-state index contributed by atoms with van der Waals surface area (Å²) >= 11 is 0. The van der Waals surface area contributed by atoms with E-state index in [2.05, 4.69) is 39.0 Å². The Morgan fingerprint density at radius 2 is 1.71 bits per heavy atom. The van der Waals surface area contributed by atoms with E-state index in [-0.39, 0.29) is 22.5 Å². The van der Waals surface area contributed by atoms with Crippen LogP contribution in [-0.4, -0.2) is 11.4 Å². The molecule has 1 atom stereocenters. The lowest BCUT2D eigenvalue weighted by Gasteiger charge is -2.50. The minimum Gasteiger partial charge on any atom is -0.302 e. The molecule has 2 aliphatic heterocycles. The molecule has 2 heterocycles. The summed E-state index contributed by atoms with van der Waals surface area (Å²) in [6.45, 7) is 8.32. The van der Waals surface area contributed by atoms with E-state index >= 15 is 0 Å². The van der Waals surface area contributed by atoms with Crippen LogP contribution in [0, 0.1) is 29.6 Å². The Morgan fingerprint density at radius 1 is 1.07 bits per heavy atom. The number of carbonyl (C=O) groups is 1. The number of anilines is 1. The van der Waals surface area contributed by atoms with Gasteiger partial charge in [-0.2, -0.15) is 10.5 Å². The van der Waals surface area contributed by atoms with Crippen LogP contribution in [-0.2, 0) is 10.2 Å². The van der Waals surface area contributed by atoms with Gasteiger partial charge in [-0.25, -0.2) is 0 Å². The van der Waals surface area contributed by atoms with Crippen LogP contribution < -0.4 is 4.90 Å². The standard InChI is InChI=1S/C24H21N3O/c1-15-10-18-20(16(12-25)13-26)22(28)27-21(18)19(11-15)24(4,14-23(27,2)3)17-8-6-5-7-9-17/h5-11H,14H2,1-4H3/t24-/m1/s1. The van der Waals surface area contributed by atoms with E-state index in [9.17, 15) is 15.3 Å². The molecule has 0 unspecified atom stereocenters. The maximum absolute atomic E-state index is 13.4. The third kappa shape index (κ3) is 2.25. The number of nitriles is 2. The molecule has 0 radical (unpaired) electrons. The second-order valence-corrected chi connectivity index (χ2v) is 8.51. The maximum Gasteiger partial charge on any atom is 0.261 e. The summed E-state index contributed by atoms with van der Waals surface area (Å²) in [6.07, 6.45) is 0.743. The Hall–Kier alpha value is -3.37. The molecule has 0 saturated heterocycles. The maximum atomic E-state index is 13.4. The van der Waals surface area contributed by atoms with Gasteiger partial charge in [0.1, 0.15) is 17.7 Å². The van der Waals surface area contributed by atoms with Crippen molar-refractivity contribution in [3.63, 3.8) is 0 Å². The molecule has 4 heteroatoms. The molecular weight excluding hydrogens is 346 g/mol. The van der Waals surface area contributed by atoms with E-state index in [1.807, 2.05) is 43.3 Å². The molecule has 0 bridgehead atoms. The summed E-state index contributed by atoms with van der Waals surface area (Å²) in [5.41, 5.74) is 4.19. The van der Waals surface area contributed by atoms with E-state index in [0.29, 0.717) is 5.56 Å². The van der Waals surface area contributed by atoms with E-state index in [1.165, 1.54) is 5.56 Å². The fraction of sp³-hybridized carbons (Fsp3) is 0.292. The molecule has 1 amide bonds. The highest BCUT2D eigenvalue weighted by molar-refractivity contribution is 6.35. The van der Waals surface area contributed by atoms with Crippen molar-refractivity contribution in [2.24, 2.45) is 0 Å². The van der Waals surface area contributed by atoms with Crippen molar-refractivity contribution in [3.05, 3.63) is 70.3 Å². The number of allylic oxidation sites excluding steroid dienone is 1. The fourth-order valence-corrected chi connectivity index (χ4v) is 5.02. The second-order valence-electron chi connectivity index (χ2n) is 8.51. The first-order valence-electron chi connectivity index (χ1n) is 9.34. The van der Waals surface area contributed by atoms with Crippen molar-refractivity contribution in [1.29, 1.82) is 10.5 Å². The number of aryl methyl sites for hydroxylation is 1. The van der Waals surface area contributed by atoms with Crippen LogP contribution in [0.25, 0.3) is 5.57 Å². The van der Waals surface area contributed by atoms with Gasteiger partial charge in [0.05, 0.1) is 11.3 Å². The molecule has 0 saturated carbocycles. The lowest BCUT2D eigenvalue weighted by Crippen LogP contribution is -2.54. The van der Waals surface area contributed by atoms with Crippen LogP contribution in [0.4, 0.5) is 5.69 Å². The van der Waals surface area contributed by atoms with Crippen molar-refractivity contribution in [1.82, 2.24) is 0 Å². The Bertz CT molecular complexity index is 1110. The van der Waals surface area contributed by atoms with Crippen molar-refractivity contribution < 1.29 is 4.79 Å². The van der Waals surface area contributed by atoms with E-state index < -0.39 is 5.54 Å². The number of nitrogens with zero attached hydrogens (tertiary/aromatic N) is 3. The molecule has 4 nitrogen and oxygen atoms in total. The summed E-state index contributed by atoms with van der Waals surface area (Å²) in [4.78, 5) is 15.2. The topological polar surface area (TPSA) is 67.9 Å². The zero-order valence-corrected chi connectivity index (χ0v) is 16.5. The molecule has 0 N–H and O–H groups in total. The van der Waals surface area contributed by atoms with E-state index in [0.717, 1.165) is 23.2 Å². The van der Waals surface area contributed by atoms with Gasteiger partial charge in [0.2, 0.25) is 0 Å². The SMILES string of the molecule is Cc1cc2c3c(c1)[C@@](C)(c1ccccc1)CC(C)(C)N3C(=O)C2=C(C#N)C#N. The van der Waals surface area contributed by atoms with Crippen molar-refractivity contribution in [3.8, 4) is 12.1 Å². The summed E-state index contributed by atoms with van der Waals surface area (Å²) in [5.74, 6) is -0.250. The molecule has 0 aromatic heterocycles. The zero-order valence-electron chi connectivity index (χ0n) is 16.5. The minimum absolute atomic E-state index is 0.121. The van der Waals surface area contributed by atoms with Crippen LogP contribution in [0.3, 0.4) is 0 Å². The minimum atomic E-state index is -0.462. The number of hydrogen-bond donors (Lipinski definition) is 0. The normalized spacial score (nSPS) is 21.7. The lowest BCUT2D eigenvalue weighted by atomic mass is 9.65. The van der Waals surface area contributed by atoms with Gasteiger partial charge in [0.25, 0.3) is 5.91 Å². The summed E-state index contributed by atoms with van der Waals surface area (Å²) < 4.78 is 0. The van der Waals surface area contributed by atoms with Gasteiger partial charge in [0.15, 0.2) is 0 Å². The molecule has 2 aromatic carbocycles. The first-order valence-corrected chi connectivity index (χ1v) is 9.34. The highest BCUT2D eigenvalue weighted by atomic mass is 16.2. The number of amides is 1. The van der Waals surface area contributed by atoms with Crippen molar-refractivity contribution >= 4 is 17.2 Å². The van der Waals surface area contributed by atoms with Crippen LogP contribution in [0.5, 0.6) is 0 Å². The fourth-order valence-electron chi connectivity index (χ4n) is 5.02. The Kier molecular flexibility index (Phi) is 3.74. The highest BCUT2D eigenvalue weighted by Gasteiger charge is 2.53. The van der Waals surface area contributed by atoms with Crippen molar-refractivity contribution in [2.75, 3.05) is 4.90 Å². The molecule has 0 spiro atoms. The van der Waals surface area contributed by atoms with Gasteiger partial charge >= 0.3 is 0 Å². The average Bonchev–Trinajstić information content (AvgIpc) is 2.95. The Morgan fingerprint density at radius 3 is 2.32 bits per heavy atom. The molecule has 28 heavy (non-hydrogen) atoms. The lowest BCUT2D eigenvalue weighted by molar-refractivity contribution is -0.114. The molecule has 2 aromatic rings. The smallest absolute Gasteiger partial charge is 0.261 e. The zero-order chi connectivity index (χ0) is 20.3. The van der Waals surface area contributed by atoms with Gasteiger partial charge in [0, 0.05) is 16.5 Å². The predicted octanol–water partition coefficient (Wildman–Crippen LogP) is 4.63. The number of rotatable bonds is 1. The third-order valence-corrected chi connectivity index (χ3v) is 6.03. The Labute approximate surface area is 165 Å². The van der Waals surface area contributed by atoms with Crippen molar-refractivity contribution in [2.45, 2.75) is 45.1 Å². The largest absolute Gasteiger partial charge is 0.302 e. The first-order chi connectivity index (χ1) is 13.2. The van der Waals surface area contributed by atoms with Crippen LogP contribution in [0.1, 0.15) is 49.4 Å². The summed E-state index contributed by atoms with van der Waals surface area (Å²) in [5, 5.41) is 18.9. The quantitative estimate of drug-likeness (QED) is 0.545. The van der Waals surface area contributed by atoms with Gasteiger partial charge < -0.3 is 4.90 Å². The van der Waals surface area contributed by atoms with Crippen LogP contribution in [0.2, 0.25) is 0 Å². The molecule has 0 aliphatic carbocycles. The van der Waals surface area contributed by atoms with E-state index in [4.69, 9.17) is 0 Å². The molecule has 4 rings (SSSR count). The Balaban J connectivity index is 2.13. The van der Waals surface area contributed by atoms with Crippen LogP contribution in [0.15, 0.2) is 48.0 Å². The number of benzene rings is 2. The summed E-state index contributed by atoms with van der Waals surface area (Å²) in [6, 6.07) is 18.2. The molecule has 2 aliphatic rings. The van der Waals surface area contributed by atoms with E-state index in [1.54, 1.807) is 4.90 Å². The van der Waals surface area contributed by atoms with Gasteiger partial charge in [-0.1, -0.05) is 48.9 Å². The highest BCUT2D eigenvalue weighted by Crippen LogP contribution is 2.56. The first kappa shape index (κ1) is 18.0. The molecule has 138 valence electrons. The van der Waals surface area contributed by atoms with Gasteiger partial charge in [-0.05, 0) is 44.4 Å². The third-order valence-electron chi connectivity index (χ3n) is 6.03. The predicted molar refractivity (Wildman–Crippen MR) is 108 cm³/mol. The second kappa shape index (κ2) is 5.81. The average molecular weight is 367 g/mol. The summed E-state index contributed by atoms with van der Waals surface area (Å²) in [7, 11) is 0. The number of carbonyl (C=O) groups excluding carboxylic acids is 1. The number of hydrogen-bond acceptors (Lipinski definition) is 3. The molecule has 0 fully saturated rings. The molecular formula is C24H21N3O. The van der Waals surface area contributed by atoms with Gasteiger partial charge in [-0.3, -0.25) is 4.79 Å². The monoisotopic (exact) mass is 367 g/mol.